The minimum atomic E-state index is 0.542. The summed E-state index contributed by atoms with van der Waals surface area (Å²) in [5.41, 5.74) is 1.65. The molecule has 6 nitrogen and oxygen atoms in total. The fourth-order valence-corrected chi connectivity index (χ4v) is 4.03. The Morgan fingerprint density at radius 3 is 2.66 bits per heavy atom. The summed E-state index contributed by atoms with van der Waals surface area (Å²) < 4.78 is 0. The molecule has 29 heavy (non-hydrogen) atoms. The molecular formula is C21H24Cl2N6. The van der Waals surface area contributed by atoms with Crippen LogP contribution in [0.1, 0.15) is 18.9 Å². The van der Waals surface area contributed by atoms with E-state index in [-0.39, 0.29) is 0 Å². The molecule has 1 fully saturated rings. The van der Waals surface area contributed by atoms with Gasteiger partial charge in [0.25, 0.3) is 0 Å². The molecule has 1 aromatic carbocycles. The van der Waals surface area contributed by atoms with Gasteiger partial charge in [0.2, 0.25) is 5.95 Å². The van der Waals surface area contributed by atoms with Crippen molar-refractivity contribution in [2.45, 2.75) is 19.9 Å². The smallest absolute Gasteiger partial charge is 0.229 e. The van der Waals surface area contributed by atoms with E-state index in [9.17, 15) is 0 Å². The summed E-state index contributed by atoms with van der Waals surface area (Å²) >= 11 is 12.3. The Balaban J connectivity index is 1.58. The third kappa shape index (κ3) is 4.71. The topological polar surface area (TPSA) is 57.2 Å². The number of nitrogens with zero attached hydrogens (tertiary/aromatic N) is 5. The van der Waals surface area contributed by atoms with E-state index in [0.29, 0.717) is 22.2 Å². The number of fused-ring (bicyclic) bond motifs is 1. The second-order valence-corrected chi connectivity index (χ2v) is 8.01. The van der Waals surface area contributed by atoms with Crippen LogP contribution in [0.25, 0.3) is 11.0 Å². The number of hydrogen-bond donors (Lipinski definition) is 1. The molecule has 3 heterocycles. The van der Waals surface area contributed by atoms with Gasteiger partial charge < -0.3 is 10.2 Å². The van der Waals surface area contributed by atoms with Gasteiger partial charge in [0.05, 0.1) is 5.39 Å². The lowest BCUT2D eigenvalue weighted by Gasteiger charge is -2.34. The number of pyridine rings is 1. The number of hydrogen-bond acceptors (Lipinski definition) is 6. The van der Waals surface area contributed by atoms with Crippen LogP contribution in [0.3, 0.4) is 0 Å². The van der Waals surface area contributed by atoms with Crippen molar-refractivity contribution in [2.24, 2.45) is 0 Å². The zero-order valence-corrected chi connectivity index (χ0v) is 17.9. The molecule has 152 valence electrons. The summed E-state index contributed by atoms with van der Waals surface area (Å²) in [4.78, 5) is 18.7. The number of benzene rings is 1. The van der Waals surface area contributed by atoms with Crippen molar-refractivity contribution in [3.8, 4) is 0 Å². The van der Waals surface area contributed by atoms with E-state index in [4.69, 9.17) is 33.2 Å². The summed E-state index contributed by atoms with van der Waals surface area (Å²) in [6.45, 7) is 7.79. The van der Waals surface area contributed by atoms with Crippen molar-refractivity contribution < 1.29 is 0 Å². The Hall–Kier alpha value is -2.15. The number of halogens is 2. The fourth-order valence-electron chi connectivity index (χ4n) is 3.56. The number of aromatic nitrogens is 3. The first kappa shape index (κ1) is 20.1. The molecule has 0 radical (unpaired) electrons. The van der Waals surface area contributed by atoms with Crippen LogP contribution in [0.15, 0.2) is 36.5 Å². The minimum Gasteiger partial charge on any atom is -0.365 e. The zero-order chi connectivity index (χ0) is 20.2. The second kappa shape index (κ2) is 9.11. The molecule has 0 aliphatic carbocycles. The van der Waals surface area contributed by atoms with Gasteiger partial charge in [-0.2, -0.15) is 9.97 Å². The Morgan fingerprint density at radius 1 is 1.07 bits per heavy atom. The van der Waals surface area contributed by atoms with Crippen molar-refractivity contribution in [3.05, 3.63) is 52.1 Å². The van der Waals surface area contributed by atoms with Crippen LogP contribution in [0.5, 0.6) is 0 Å². The molecule has 0 spiro atoms. The van der Waals surface area contributed by atoms with Crippen LogP contribution in [-0.2, 0) is 6.54 Å². The standard InChI is InChI=1S/C21H24Cl2N6/c1-2-8-28-9-11-29(12-10-28)21-26-19-17(4-3-7-24-19)20(27-21)25-14-15-5-6-16(22)13-18(15)23/h3-7,13H,2,8-12,14H2,1H3,(H,24,25,26,27). The van der Waals surface area contributed by atoms with E-state index in [0.717, 1.165) is 55.4 Å². The Labute approximate surface area is 180 Å². The zero-order valence-electron chi connectivity index (χ0n) is 16.4. The highest BCUT2D eigenvalue weighted by molar-refractivity contribution is 6.35. The van der Waals surface area contributed by atoms with Crippen LogP contribution in [-0.4, -0.2) is 52.6 Å². The van der Waals surface area contributed by atoms with E-state index >= 15 is 0 Å². The highest BCUT2D eigenvalue weighted by Gasteiger charge is 2.20. The van der Waals surface area contributed by atoms with Crippen LogP contribution in [0.2, 0.25) is 10.0 Å². The number of piperazine rings is 1. The predicted molar refractivity (Wildman–Crippen MR) is 120 cm³/mol. The first-order valence-corrected chi connectivity index (χ1v) is 10.7. The fraction of sp³-hybridized carbons (Fsp3) is 0.381. The highest BCUT2D eigenvalue weighted by Crippen LogP contribution is 2.25. The highest BCUT2D eigenvalue weighted by atomic mass is 35.5. The molecule has 1 N–H and O–H groups in total. The number of anilines is 2. The largest absolute Gasteiger partial charge is 0.365 e. The van der Waals surface area contributed by atoms with E-state index in [1.165, 1.54) is 6.42 Å². The summed E-state index contributed by atoms with van der Waals surface area (Å²) in [6, 6.07) is 9.39. The third-order valence-corrected chi connectivity index (χ3v) is 5.70. The maximum atomic E-state index is 6.32. The minimum absolute atomic E-state index is 0.542. The van der Waals surface area contributed by atoms with Crippen LogP contribution in [0.4, 0.5) is 11.8 Å². The van der Waals surface area contributed by atoms with Crippen LogP contribution >= 0.6 is 23.2 Å². The molecular weight excluding hydrogens is 407 g/mol. The summed E-state index contributed by atoms with van der Waals surface area (Å²) in [5.74, 6) is 1.48. The average Bonchev–Trinajstić information content (AvgIpc) is 2.73. The monoisotopic (exact) mass is 430 g/mol. The SMILES string of the molecule is CCCN1CCN(c2nc(NCc3ccc(Cl)cc3Cl)c3cccnc3n2)CC1. The Morgan fingerprint density at radius 2 is 1.90 bits per heavy atom. The van der Waals surface area contributed by atoms with E-state index in [1.807, 2.05) is 24.3 Å². The number of rotatable bonds is 6. The van der Waals surface area contributed by atoms with E-state index < -0.39 is 0 Å². The van der Waals surface area contributed by atoms with Gasteiger partial charge >= 0.3 is 0 Å². The molecule has 0 bridgehead atoms. The maximum absolute atomic E-state index is 6.32. The summed E-state index contributed by atoms with van der Waals surface area (Å²) in [7, 11) is 0. The van der Waals surface area contributed by atoms with Gasteiger partial charge in [0.15, 0.2) is 5.65 Å². The number of nitrogens with one attached hydrogen (secondary N) is 1. The lowest BCUT2D eigenvalue weighted by molar-refractivity contribution is 0.257. The lowest BCUT2D eigenvalue weighted by Crippen LogP contribution is -2.47. The predicted octanol–water partition coefficient (Wildman–Crippen LogP) is 4.48. The van der Waals surface area contributed by atoms with Gasteiger partial charge in [0, 0.05) is 49.0 Å². The average molecular weight is 431 g/mol. The van der Waals surface area contributed by atoms with Gasteiger partial charge in [-0.25, -0.2) is 4.98 Å². The summed E-state index contributed by atoms with van der Waals surface area (Å²) in [6.07, 6.45) is 2.94. The quantitative estimate of drug-likeness (QED) is 0.621. The summed E-state index contributed by atoms with van der Waals surface area (Å²) in [5, 5.41) is 5.57. The molecule has 4 rings (SSSR count). The first-order chi connectivity index (χ1) is 14.1. The molecule has 1 saturated heterocycles. The molecule has 0 unspecified atom stereocenters. The van der Waals surface area contributed by atoms with Crippen molar-refractivity contribution in [3.63, 3.8) is 0 Å². The molecule has 0 saturated carbocycles. The maximum Gasteiger partial charge on any atom is 0.229 e. The van der Waals surface area contributed by atoms with E-state index in [1.54, 1.807) is 12.3 Å². The van der Waals surface area contributed by atoms with Gasteiger partial charge in [-0.1, -0.05) is 36.2 Å². The van der Waals surface area contributed by atoms with Crippen molar-refractivity contribution in [1.29, 1.82) is 0 Å². The van der Waals surface area contributed by atoms with Gasteiger partial charge in [-0.3, -0.25) is 4.90 Å². The third-order valence-electron chi connectivity index (χ3n) is 5.12. The second-order valence-electron chi connectivity index (χ2n) is 7.16. The van der Waals surface area contributed by atoms with Crippen LogP contribution < -0.4 is 10.2 Å². The lowest BCUT2D eigenvalue weighted by atomic mass is 10.2. The van der Waals surface area contributed by atoms with Crippen molar-refractivity contribution >= 4 is 46.0 Å². The first-order valence-electron chi connectivity index (χ1n) is 9.92. The van der Waals surface area contributed by atoms with Gasteiger partial charge in [-0.05, 0) is 42.8 Å². The Bertz CT molecular complexity index is 988. The Kier molecular flexibility index (Phi) is 6.33. The van der Waals surface area contributed by atoms with E-state index in [2.05, 4.69) is 27.0 Å². The molecule has 8 heteroatoms. The van der Waals surface area contributed by atoms with Gasteiger partial charge in [-0.15, -0.1) is 0 Å². The molecule has 1 aliphatic rings. The molecule has 0 amide bonds. The normalized spacial score (nSPS) is 15.1. The molecule has 2 aromatic heterocycles. The van der Waals surface area contributed by atoms with Crippen molar-refractivity contribution in [2.75, 3.05) is 42.9 Å². The molecule has 3 aromatic rings. The van der Waals surface area contributed by atoms with Crippen molar-refractivity contribution in [1.82, 2.24) is 19.9 Å². The molecule has 0 atom stereocenters. The molecule has 1 aliphatic heterocycles. The van der Waals surface area contributed by atoms with Gasteiger partial charge in [0.1, 0.15) is 5.82 Å². The van der Waals surface area contributed by atoms with Crippen LogP contribution in [0, 0.1) is 0 Å².